The van der Waals surface area contributed by atoms with Gasteiger partial charge in [0, 0.05) is 18.9 Å². The van der Waals surface area contributed by atoms with Crippen LogP contribution >= 0.6 is 0 Å². The number of aliphatic carboxylic acids is 1. The number of carbonyl (C=O) groups excluding carboxylic acids is 2. The fourth-order valence-electron chi connectivity index (χ4n) is 4.58. The van der Waals surface area contributed by atoms with Crippen molar-refractivity contribution in [2.24, 2.45) is 5.41 Å². The largest absolute Gasteiger partial charge is 0.480 e. The molecule has 0 saturated heterocycles. The van der Waals surface area contributed by atoms with Gasteiger partial charge in [-0.15, -0.1) is 0 Å². The number of nitrogens with one attached hydrogen (secondary N) is 2. The molecule has 0 unspecified atom stereocenters. The Morgan fingerprint density at radius 2 is 1.59 bits per heavy atom. The number of carboxylic acid groups (broad SMARTS) is 1. The van der Waals surface area contributed by atoms with E-state index in [-0.39, 0.29) is 30.3 Å². The molecule has 3 N–H and O–H groups in total. The first-order valence-corrected chi connectivity index (χ1v) is 11.8. The van der Waals surface area contributed by atoms with Crippen molar-refractivity contribution >= 4 is 18.0 Å². The molecule has 0 spiro atoms. The number of hydrogen-bond acceptors (Lipinski definition) is 4. The third-order valence-corrected chi connectivity index (χ3v) is 6.98. The fraction of sp³-hybridized carbons (Fsp3) is 0.444. The Kier molecular flexibility index (Phi) is 6.64. The minimum Gasteiger partial charge on any atom is -0.480 e. The van der Waals surface area contributed by atoms with Crippen LogP contribution in [0.3, 0.4) is 0 Å². The van der Waals surface area contributed by atoms with Crippen LogP contribution in [-0.4, -0.2) is 41.8 Å². The van der Waals surface area contributed by atoms with Crippen LogP contribution in [0.4, 0.5) is 4.79 Å². The highest BCUT2D eigenvalue weighted by Crippen LogP contribution is 2.44. The van der Waals surface area contributed by atoms with Gasteiger partial charge in [0.15, 0.2) is 0 Å². The van der Waals surface area contributed by atoms with Gasteiger partial charge in [-0.2, -0.15) is 0 Å². The van der Waals surface area contributed by atoms with Crippen molar-refractivity contribution in [1.82, 2.24) is 10.6 Å². The Bertz CT molecular complexity index is 1040. The van der Waals surface area contributed by atoms with Gasteiger partial charge in [0.1, 0.15) is 12.1 Å². The van der Waals surface area contributed by atoms with Crippen LogP contribution in [0.25, 0.3) is 11.1 Å². The molecule has 7 heteroatoms. The van der Waals surface area contributed by atoms with Gasteiger partial charge in [-0.1, -0.05) is 62.4 Å². The van der Waals surface area contributed by atoms with E-state index in [2.05, 4.69) is 34.9 Å². The predicted octanol–water partition coefficient (Wildman–Crippen LogP) is 4.46. The second-order valence-electron chi connectivity index (χ2n) is 10.1. The molecule has 2 aromatic rings. The van der Waals surface area contributed by atoms with Gasteiger partial charge in [0.25, 0.3) is 0 Å². The number of carbonyl (C=O) groups is 3. The van der Waals surface area contributed by atoms with Gasteiger partial charge in [-0.25, -0.2) is 9.59 Å². The summed E-state index contributed by atoms with van der Waals surface area (Å²) in [6.45, 7) is 4.77. The van der Waals surface area contributed by atoms with Crippen LogP contribution in [0.15, 0.2) is 48.5 Å². The van der Waals surface area contributed by atoms with Crippen molar-refractivity contribution < 1.29 is 24.2 Å². The Balaban J connectivity index is 1.20. The number of carboxylic acids is 1. The molecule has 0 aliphatic heterocycles. The van der Waals surface area contributed by atoms with Gasteiger partial charge in [0.05, 0.1) is 0 Å². The molecule has 1 saturated carbocycles. The van der Waals surface area contributed by atoms with Gasteiger partial charge < -0.3 is 20.5 Å². The third kappa shape index (κ3) is 5.24. The molecule has 1 fully saturated rings. The minimum absolute atomic E-state index is 0.0219. The van der Waals surface area contributed by atoms with Crippen molar-refractivity contribution in [1.29, 1.82) is 0 Å². The molecule has 7 nitrogen and oxygen atoms in total. The molecule has 34 heavy (non-hydrogen) atoms. The lowest BCUT2D eigenvalue weighted by atomic mass is 9.84. The maximum atomic E-state index is 12.4. The number of fused-ring (bicyclic) bond motifs is 3. The second-order valence-corrected chi connectivity index (χ2v) is 10.1. The van der Waals surface area contributed by atoms with Gasteiger partial charge in [-0.05, 0) is 53.4 Å². The molecule has 180 valence electrons. The van der Waals surface area contributed by atoms with Crippen LogP contribution in [0, 0.1) is 5.41 Å². The van der Waals surface area contributed by atoms with Crippen LogP contribution in [0.1, 0.15) is 63.0 Å². The van der Waals surface area contributed by atoms with E-state index in [4.69, 9.17) is 4.74 Å². The maximum Gasteiger partial charge on any atom is 0.407 e. The first kappa shape index (κ1) is 23.8. The van der Waals surface area contributed by atoms with E-state index in [1.165, 1.54) is 22.3 Å². The van der Waals surface area contributed by atoms with E-state index in [1.54, 1.807) is 0 Å². The Labute approximate surface area is 199 Å². The zero-order valence-electron chi connectivity index (χ0n) is 19.7. The van der Waals surface area contributed by atoms with Crippen LogP contribution in [-0.2, 0) is 14.3 Å². The summed E-state index contributed by atoms with van der Waals surface area (Å²) in [6.07, 6.45) is 2.05. The molecule has 0 heterocycles. The zero-order chi connectivity index (χ0) is 24.3. The standard InChI is InChI=1S/C27H32N2O5/c1-26(2,12-11-23(30)29-27(13-14-27)24(31)32)15-16-28-25(33)34-17-22-20-9-5-3-7-18(20)19-8-4-6-10-21(19)22/h3-10,22H,11-17H2,1-2H3,(H,28,33)(H,29,30)(H,31,32). The summed E-state index contributed by atoms with van der Waals surface area (Å²) in [7, 11) is 0. The van der Waals surface area contributed by atoms with Crippen LogP contribution < -0.4 is 10.6 Å². The van der Waals surface area contributed by atoms with Crippen molar-refractivity contribution in [2.75, 3.05) is 13.2 Å². The highest BCUT2D eigenvalue weighted by atomic mass is 16.5. The van der Waals surface area contributed by atoms with E-state index < -0.39 is 17.6 Å². The predicted molar refractivity (Wildman–Crippen MR) is 128 cm³/mol. The molecule has 0 radical (unpaired) electrons. The third-order valence-electron chi connectivity index (χ3n) is 6.98. The van der Waals surface area contributed by atoms with Crippen LogP contribution in [0.2, 0.25) is 0 Å². The highest BCUT2D eigenvalue weighted by molar-refractivity contribution is 5.89. The Morgan fingerprint density at radius 1 is 1.00 bits per heavy atom. The molecular formula is C27H32N2O5. The summed E-state index contributed by atoms with van der Waals surface area (Å²) < 4.78 is 5.57. The number of rotatable bonds is 10. The van der Waals surface area contributed by atoms with Gasteiger partial charge in [-0.3, -0.25) is 4.79 Å². The summed E-state index contributed by atoms with van der Waals surface area (Å²) in [4.78, 5) is 35.7. The molecule has 0 atom stereocenters. The SMILES string of the molecule is CC(C)(CCNC(=O)OCC1c2ccccc2-c2ccccc21)CCC(=O)NC1(C(=O)O)CC1. The number of ether oxygens (including phenoxy) is 1. The maximum absolute atomic E-state index is 12.4. The second kappa shape index (κ2) is 9.49. The Hall–Kier alpha value is -3.35. The first-order chi connectivity index (χ1) is 16.2. The zero-order valence-corrected chi connectivity index (χ0v) is 19.7. The Morgan fingerprint density at radius 3 is 2.15 bits per heavy atom. The monoisotopic (exact) mass is 464 g/mol. The first-order valence-electron chi connectivity index (χ1n) is 11.8. The highest BCUT2D eigenvalue weighted by Gasteiger charge is 2.51. The average molecular weight is 465 g/mol. The van der Waals surface area contributed by atoms with Gasteiger partial charge in [0.2, 0.25) is 5.91 Å². The normalized spacial score (nSPS) is 15.7. The molecule has 2 aliphatic carbocycles. The van der Waals surface area contributed by atoms with E-state index in [0.717, 1.165) is 0 Å². The average Bonchev–Trinajstić information content (AvgIpc) is 3.52. The quantitative estimate of drug-likeness (QED) is 0.482. The molecule has 2 amide bonds. The number of amides is 2. The molecule has 4 rings (SSSR count). The van der Waals surface area contributed by atoms with Crippen molar-refractivity contribution in [2.45, 2.75) is 57.4 Å². The molecule has 2 aromatic carbocycles. The summed E-state index contributed by atoms with van der Waals surface area (Å²) >= 11 is 0. The van der Waals surface area contributed by atoms with Crippen molar-refractivity contribution in [3.8, 4) is 11.1 Å². The number of benzene rings is 2. The molecule has 0 aromatic heterocycles. The van der Waals surface area contributed by atoms with E-state index in [9.17, 15) is 19.5 Å². The summed E-state index contributed by atoms with van der Waals surface area (Å²) in [5, 5.41) is 14.7. The van der Waals surface area contributed by atoms with E-state index in [0.29, 0.717) is 32.2 Å². The summed E-state index contributed by atoms with van der Waals surface area (Å²) in [5.74, 6) is -1.18. The molecular weight excluding hydrogens is 432 g/mol. The smallest absolute Gasteiger partial charge is 0.407 e. The topological polar surface area (TPSA) is 105 Å². The minimum atomic E-state index is -1.05. The lowest BCUT2D eigenvalue weighted by Crippen LogP contribution is -2.43. The number of alkyl carbamates (subject to hydrolysis) is 1. The lowest BCUT2D eigenvalue weighted by Gasteiger charge is -2.25. The molecule has 2 aliphatic rings. The van der Waals surface area contributed by atoms with Crippen molar-refractivity contribution in [3.05, 3.63) is 59.7 Å². The van der Waals surface area contributed by atoms with E-state index in [1.807, 2.05) is 38.1 Å². The van der Waals surface area contributed by atoms with Crippen LogP contribution in [0.5, 0.6) is 0 Å². The van der Waals surface area contributed by atoms with Gasteiger partial charge >= 0.3 is 12.1 Å². The number of hydrogen-bond donors (Lipinski definition) is 3. The lowest BCUT2D eigenvalue weighted by molar-refractivity contribution is -0.143. The summed E-state index contributed by atoms with van der Waals surface area (Å²) in [6, 6.07) is 16.4. The fourth-order valence-corrected chi connectivity index (χ4v) is 4.58. The molecule has 0 bridgehead atoms. The van der Waals surface area contributed by atoms with E-state index >= 15 is 0 Å². The van der Waals surface area contributed by atoms with Crippen molar-refractivity contribution in [3.63, 3.8) is 0 Å². The summed E-state index contributed by atoms with van der Waals surface area (Å²) in [5.41, 5.74) is 3.49.